The van der Waals surface area contributed by atoms with Gasteiger partial charge in [-0.2, -0.15) is 0 Å². The van der Waals surface area contributed by atoms with Crippen molar-refractivity contribution in [3.8, 4) is 5.75 Å². The maximum absolute atomic E-state index is 13.0. The third-order valence-electron chi connectivity index (χ3n) is 3.14. The van der Waals surface area contributed by atoms with Crippen molar-refractivity contribution in [3.05, 3.63) is 63.5 Å². The Balaban J connectivity index is 2.23. The molecule has 0 aromatic heterocycles. The molecule has 0 aliphatic rings. The van der Waals surface area contributed by atoms with Gasteiger partial charge in [0.05, 0.1) is 0 Å². The lowest BCUT2D eigenvalue weighted by molar-refractivity contribution is 0.171. The van der Waals surface area contributed by atoms with Crippen molar-refractivity contribution in [2.45, 2.75) is 25.5 Å². The standard InChI is InChI=1S/C16H17FINO/c1-2-15(19)16(11-3-5-12(17)6-4-11)20-14-9-7-13(18)8-10-14/h3-10,15-16H,2,19H2,1H3. The molecular weight excluding hydrogens is 368 g/mol. The molecule has 2 unspecified atom stereocenters. The van der Waals surface area contributed by atoms with E-state index in [9.17, 15) is 4.39 Å². The van der Waals surface area contributed by atoms with Crippen molar-refractivity contribution >= 4 is 22.6 Å². The van der Waals surface area contributed by atoms with Crippen LogP contribution >= 0.6 is 22.6 Å². The normalized spacial score (nSPS) is 13.8. The molecule has 2 nitrogen and oxygen atoms in total. The molecular formula is C16H17FINO. The number of nitrogens with two attached hydrogens (primary N) is 1. The third-order valence-corrected chi connectivity index (χ3v) is 3.85. The molecule has 0 heterocycles. The Kier molecular flexibility index (Phi) is 5.37. The number of hydrogen-bond donors (Lipinski definition) is 1. The minimum Gasteiger partial charge on any atom is -0.484 e. The zero-order valence-corrected chi connectivity index (χ0v) is 13.4. The summed E-state index contributed by atoms with van der Waals surface area (Å²) >= 11 is 2.24. The Morgan fingerprint density at radius 2 is 1.70 bits per heavy atom. The summed E-state index contributed by atoms with van der Waals surface area (Å²) in [6, 6.07) is 14.0. The summed E-state index contributed by atoms with van der Waals surface area (Å²) < 4.78 is 20.2. The van der Waals surface area contributed by atoms with Crippen molar-refractivity contribution in [1.29, 1.82) is 0 Å². The van der Waals surface area contributed by atoms with Crippen LogP contribution in [-0.2, 0) is 0 Å². The molecule has 0 aliphatic carbocycles. The van der Waals surface area contributed by atoms with Gasteiger partial charge in [-0.1, -0.05) is 19.1 Å². The fourth-order valence-corrected chi connectivity index (χ4v) is 2.29. The zero-order valence-electron chi connectivity index (χ0n) is 11.2. The molecule has 4 heteroatoms. The van der Waals surface area contributed by atoms with Gasteiger partial charge < -0.3 is 10.5 Å². The second kappa shape index (κ2) is 7.04. The second-order valence-electron chi connectivity index (χ2n) is 4.62. The van der Waals surface area contributed by atoms with Gasteiger partial charge in [0.1, 0.15) is 17.7 Å². The maximum Gasteiger partial charge on any atom is 0.139 e. The first-order valence-electron chi connectivity index (χ1n) is 6.53. The highest BCUT2D eigenvalue weighted by atomic mass is 127. The molecule has 2 atom stereocenters. The average Bonchev–Trinajstić information content (AvgIpc) is 2.47. The van der Waals surface area contributed by atoms with Crippen LogP contribution in [0, 0.1) is 9.39 Å². The molecule has 20 heavy (non-hydrogen) atoms. The van der Waals surface area contributed by atoms with Gasteiger partial charge in [0, 0.05) is 9.61 Å². The van der Waals surface area contributed by atoms with E-state index in [0.29, 0.717) is 0 Å². The van der Waals surface area contributed by atoms with Crippen LogP contribution in [0.4, 0.5) is 4.39 Å². The van der Waals surface area contributed by atoms with E-state index in [-0.39, 0.29) is 18.0 Å². The predicted octanol–water partition coefficient (Wildman–Crippen LogP) is 4.29. The van der Waals surface area contributed by atoms with Gasteiger partial charge in [-0.05, 0) is 71.0 Å². The van der Waals surface area contributed by atoms with E-state index in [4.69, 9.17) is 10.5 Å². The van der Waals surface area contributed by atoms with Crippen LogP contribution in [0.5, 0.6) is 5.75 Å². The fraction of sp³-hybridized carbons (Fsp3) is 0.250. The number of ether oxygens (including phenoxy) is 1. The van der Waals surface area contributed by atoms with E-state index in [2.05, 4.69) is 22.6 Å². The van der Waals surface area contributed by atoms with E-state index in [1.54, 1.807) is 12.1 Å². The number of hydrogen-bond acceptors (Lipinski definition) is 2. The lowest BCUT2D eigenvalue weighted by atomic mass is 10.0. The minimum absolute atomic E-state index is 0.139. The van der Waals surface area contributed by atoms with Crippen LogP contribution in [0.2, 0.25) is 0 Å². The quantitative estimate of drug-likeness (QED) is 0.780. The van der Waals surface area contributed by atoms with Gasteiger partial charge in [0.25, 0.3) is 0 Å². The molecule has 0 fully saturated rings. The minimum atomic E-state index is -0.277. The Bertz CT molecular complexity index is 541. The van der Waals surface area contributed by atoms with Crippen LogP contribution in [0.15, 0.2) is 48.5 Å². The number of halogens is 2. The lowest BCUT2D eigenvalue weighted by Gasteiger charge is -2.24. The first kappa shape index (κ1) is 15.3. The summed E-state index contributed by atoms with van der Waals surface area (Å²) in [7, 11) is 0. The van der Waals surface area contributed by atoms with E-state index in [1.807, 2.05) is 31.2 Å². The smallest absolute Gasteiger partial charge is 0.139 e. The van der Waals surface area contributed by atoms with E-state index in [1.165, 1.54) is 12.1 Å². The molecule has 0 radical (unpaired) electrons. The highest BCUT2D eigenvalue weighted by Gasteiger charge is 2.20. The Hall–Kier alpha value is -1.14. The summed E-state index contributed by atoms with van der Waals surface area (Å²) in [5.41, 5.74) is 7.03. The van der Waals surface area contributed by atoms with E-state index < -0.39 is 0 Å². The first-order chi connectivity index (χ1) is 9.60. The third kappa shape index (κ3) is 3.93. The number of benzene rings is 2. The first-order valence-corrected chi connectivity index (χ1v) is 7.61. The molecule has 2 N–H and O–H groups in total. The average molecular weight is 385 g/mol. The van der Waals surface area contributed by atoms with Crippen molar-refractivity contribution in [2.75, 3.05) is 0 Å². The molecule has 0 spiro atoms. The van der Waals surface area contributed by atoms with Crippen molar-refractivity contribution in [2.24, 2.45) is 5.73 Å². The van der Waals surface area contributed by atoms with Crippen LogP contribution in [0.25, 0.3) is 0 Å². The summed E-state index contributed by atoms with van der Waals surface area (Å²) in [4.78, 5) is 0. The highest BCUT2D eigenvalue weighted by Crippen LogP contribution is 2.26. The van der Waals surface area contributed by atoms with Crippen LogP contribution in [-0.4, -0.2) is 6.04 Å². The van der Waals surface area contributed by atoms with Crippen LogP contribution in [0.1, 0.15) is 25.0 Å². The fourth-order valence-electron chi connectivity index (χ4n) is 1.93. The second-order valence-corrected chi connectivity index (χ2v) is 5.86. The molecule has 0 saturated carbocycles. The lowest BCUT2D eigenvalue weighted by Crippen LogP contribution is -2.31. The molecule has 2 aromatic carbocycles. The van der Waals surface area contributed by atoms with Crippen LogP contribution in [0.3, 0.4) is 0 Å². The summed E-state index contributed by atoms with van der Waals surface area (Å²) in [6.07, 6.45) is 0.507. The Morgan fingerprint density at radius 3 is 2.25 bits per heavy atom. The van der Waals surface area contributed by atoms with Gasteiger partial charge in [-0.25, -0.2) is 4.39 Å². The predicted molar refractivity (Wildman–Crippen MR) is 87.2 cm³/mol. The van der Waals surface area contributed by atoms with Gasteiger partial charge in [-0.15, -0.1) is 0 Å². The topological polar surface area (TPSA) is 35.2 Å². The molecule has 2 aromatic rings. The molecule has 2 rings (SSSR count). The molecule has 0 saturated heterocycles. The van der Waals surface area contributed by atoms with Crippen molar-refractivity contribution < 1.29 is 9.13 Å². The molecule has 0 bridgehead atoms. The summed E-state index contributed by atoms with van der Waals surface area (Å²) in [5, 5.41) is 0. The Labute approximate surface area is 132 Å². The Morgan fingerprint density at radius 1 is 1.10 bits per heavy atom. The summed E-state index contributed by atoms with van der Waals surface area (Å²) in [6.45, 7) is 2.01. The maximum atomic E-state index is 13.0. The monoisotopic (exact) mass is 385 g/mol. The van der Waals surface area contributed by atoms with Gasteiger partial charge >= 0.3 is 0 Å². The highest BCUT2D eigenvalue weighted by molar-refractivity contribution is 14.1. The van der Waals surface area contributed by atoms with Gasteiger partial charge in [0.2, 0.25) is 0 Å². The number of rotatable bonds is 5. The van der Waals surface area contributed by atoms with Crippen LogP contribution < -0.4 is 10.5 Å². The van der Waals surface area contributed by atoms with E-state index >= 15 is 0 Å². The largest absolute Gasteiger partial charge is 0.484 e. The summed E-state index contributed by atoms with van der Waals surface area (Å²) in [5.74, 6) is 0.510. The van der Waals surface area contributed by atoms with Gasteiger partial charge in [-0.3, -0.25) is 0 Å². The molecule has 0 amide bonds. The van der Waals surface area contributed by atoms with Crippen molar-refractivity contribution in [1.82, 2.24) is 0 Å². The molecule has 106 valence electrons. The SMILES string of the molecule is CCC(N)C(Oc1ccc(I)cc1)c1ccc(F)cc1. The van der Waals surface area contributed by atoms with E-state index in [0.717, 1.165) is 21.3 Å². The van der Waals surface area contributed by atoms with Crippen molar-refractivity contribution in [3.63, 3.8) is 0 Å². The van der Waals surface area contributed by atoms with Gasteiger partial charge in [0.15, 0.2) is 0 Å². The molecule has 0 aliphatic heterocycles. The zero-order chi connectivity index (χ0) is 14.5.